The molecule has 0 heterocycles. The van der Waals surface area contributed by atoms with Gasteiger partial charge < -0.3 is 6.92 Å². The Balaban J connectivity index is 0. The first-order valence-corrected chi connectivity index (χ1v) is 9.06. The summed E-state index contributed by atoms with van der Waals surface area (Å²) in [6, 6.07) is 0. The summed E-state index contributed by atoms with van der Waals surface area (Å²) in [5.41, 5.74) is 0. The number of alkyl halides is 3. The Morgan fingerprint density at radius 1 is 1.44 bits per heavy atom. The molecule has 5 heteroatoms. The maximum absolute atomic E-state index is 11.1. The molecule has 0 N–H and O–H groups in total. The van der Waals surface area contributed by atoms with E-state index in [1.807, 2.05) is 0 Å². The quantitative estimate of drug-likeness (QED) is 0.462. The van der Waals surface area contributed by atoms with Crippen LogP contribution in [0.15, 0.2) is 0 Å². The molecule has 0 aromatic rings. The molecule has 0 saturated heterocycles. The summed E-state index contributed by atoms with van der Waals surface area (Å²) in [4.78, 5) is 0. The van der Waals surface area contributed by atoms with Crippen molar-refractivity contribution in [2.75, 3.05) is 0 Å². The fraction of sp³-hybridized carbons (Fsp3) is 0.750. The second-order valence-electron chi connectivity index (χ2n) is 1.44. The summed E-state index contributed by atoms with van der Waals surface area (Å²) < 4.78 is 33.3. The number of hydrogen-bond acceptors (Lipinski definition) is 0. The molecular formula is C4H6BrF3Zn. The van der Waals surface area contributed by atoms with Gasteiger partial charge in [0.25, 0.3) is 0 Å². The summed E-state index contributed by atoms with van der Waals surface area (Å²) in [6.07, 6.45) is -4.11. The molecule has 0 saturated carbocycles. The van der Waals surface area contributed by atoms with Crippen molar-refractivity contribution < 1.29 is 29.5 Å². The van der Waals surface area contributed by atoms with Crippen molar-refractivity contribution in [3.05, 3.63) is 6.92 Å². The van der Waals surface area contributed by atoms with E-state index in [0.717, 1.165) is 6.92 Å². The van der Waals surface area contributed by atoms with Gasteiger partial charge >= 0.3 is 36.1 Å². The van der Waals surface area contributed by atoms with Crippen LogP contribution in [0.2, 0.25) is 0 Å². The van der Waals surface area contributed by atoms with E-state index in [1.165, 1.54) is 16.3 Å². The van der Waals surface area contributed by atoms with Crippen molar-refractivity contribution in [2.45, 2.75) is 13.1 Å². The SMILES string of the molecule is [CH2-]C(C)C(F)(F)F.[Zn+][Br]. The van der Waals surface area contributed by atoms with Gasteiger partial charge in [0.15, 0.2) is 0 Å². The van der Waals surface area contributed by atoms with Crippen LogP contribution in [0.25, 0.3) is 0 Å². The van der Waals surface area contributed by atoms with Gasteiger partial charge in [0, 0.05) is 0 Å². The zero-order chi connectivity index (χ0) is 8.08. The molecule has 0 bridgehead atoms. The van der Waals surface area contributed by atoms with E-state index < -0.39 is 12.1 Å². The minimum atomic E-state index is -4.11. The third-order valence-electron chi connectivity index (χ3n) is 0.559. The Kier molecular flexibility index (Phi) is 7.90. The van der Waals surface area contributed by atoms with Gasteiger partial charge in [0.1, 0.15) is 0 Å². The molecule has 0 aliphatic heterocycles. The van der Waals surface area contributed by atoms with Crippen LogP contribution in [0, 0.1) is 12.8 Å². The summed E-state index contributed by atoms with van der Waals surface area (Å²) >= 11 is 4.25. The maximum atomic E-state index is 11.1. The molecule has 0 aliphatic rings. The van der Waals surface area contributed by atoms with Gasteiger partial charge in [-0.05, 0) is 0 Å². The van der Waals surface area contributed by atoms with Crippen LogP contribution < -0.4 is 0 Å². The van der Waals surface area contributed by atoms with E-state index in [0.29, 0.717) is 0 Å². The number of halogens is 4. The third kappa shape index (κ3) is 8.89. The molecule has 1 unspecified atom stereocenters. The van der Waals surface area contributed by atoms with Crippen LogP contribution in [0.5, 0.6) is 0 Å². The van der Waals surface area contributed by atoms with Gasteiger partial charge in [-0.2, -0.15) is 13.2 Å². The molecule has 0 spiro atoms. The Morgan fingerprint density at radius 3 is 1.56 bits per heavy atom. The van der Waals surface area contributed by atoms with Crippen molar-refractivity contribution in [1.82, 2.24) is 0 Å². The number of rotatable bonds is 0. The van der Waals surface area contributed by atoms with Crippen molar-refractivity contribution in [2.24, 2.45) is 5.92 Å². The molecule has 0 amide bonds. The zero-order valence-electron chi connectivity index (χ0n) is 5.00. The standard InChI is InChI=1S/C4H6F3.BrH.Zn/c1-3(2)4(5,6)7;;/h3H,1H2,2H3;1H;/q-1;;+2/p-1. The minimum absolute atomic E-state index is 1.01. The van der Waals surface area contributed by atoms with Crippen LogP contribution >= 0.6 is 13.6 Å². The first kappa shape index (κ1) is 12.6. The first-order chi connectivity index (χ1) is 3.94. The molecule has 52 valence electrons. The van der Waals surface area contributed by atoms with Gasteiger partial charge in [-0.25, -0.2) is 0 Å². The molecule has 0 aliphatic carbocycles. The fourth-order valence-corrected chi connectivity index (χ4v) is 0. The van der Waals surface area contributed by atoms with Crippen molar-refractivity contribution in [3.63, 3.8) is 0 Å². The van der Waals surface area contributed by atoms with Gasteiger partial charge in [0.05, 0.1) is 0 Å². The summed E-state index contributed by atoms with van der Waals surface area (Å²) in [5, 5.41) is 0. The Hall–Kier alpha value is 0.893. The fourth-order valence-electron chi connectivity index (χ4n) is 0. The molecule has 0 aromatic heterocycles. The number of hydrogen-bond donors (Lipinski definition) is 0. The van der Waals surface area contributed by atoms with Crippen LogP contribution in [0.3, 0.4) is 0 Å². The monoisotopic (exact) mass is 254 g/mol. The Morgan fingerprint density at radius 2 is 1.56 bits per heavy atom. The predicted octanol–water partition coefficient (Wildman–Crippen LogP) is 2.86. The topological polar surface area (TPSA) is 0 Å². The summed E-state index contributed by atoms with van der Waals surface area (Å²) in [6.45, 7) is 3.80. The van der Waals surface area contributed by atoms with Gasteiger partial charge in [-0.3, -0.25) is 0 Å². The van der Waals surface area contributed by atoms with E-state index in [9.17, 15) is 13.2 Å². The van der Waals surface area contributed by atoms with Crippen LogP contribution in [0.1, 0.15) is 6.92 Å². The summed E-state index contributed by atoms with van der Waals surface area (Å²) in [5.74, 6) is -1.45. The van der Waals surface area contributed by atoms with Crippen LogP contribution in [-0.4, -0.2) is 6.18 Å². The van der Waals surface area contributed by atoms with E-state index in [1.54, 1.807) is 0 Å². The molecule has 0 fully saturated rings. The van der Waals surface area contributed by atoms with Crippen molar-refractivity contribution >= 4 is 13.6 Å². The molecule has 0 aromatic carbocycles. The van der Waals surface area contributed by atoms with Crippen molar-refractivity contribution in [1.29, 1.82) is 0 Å². The average Bonchev–Trinajstić information content (AvgIpc) is 1.69. The van der Waals surface area contributed by atoms with E-state index >= 15 is 0 Å². The Labute approximate surface area is 69.2 Å². The van der Waals surface area contributed by atoms with Gasteiger partial charge in [-0.1, -0.05) is 12.8 Å². The summed E-state index contributed by atoms with van der Waals surface area (Å²) in [7, 11) is 0. The molecule has 9 heavy (non-hydrogen) atoms. The molecule has 0 nitrogen and oxygen atoms in total. The third-order valence-corrected chi connectivity index (χ3v) is 0.559. The normalized spacial score (nSPS) is 13.8. The van der Waals surface area contributed by atoms with E-state index in [2.05, 4.69) is 20.5 Å². The second-order valence-corrected chi connectivity index (χ2v) is 1.44. The van der Waals surface area contributed by atoms with E-state index in [-0.39, 0.29) is 0 Å². The van der Waals surface area contributed by atoms with E-state index in [4.69, 9.17) is 0 Å². The van der Waals surface area contributed by atoms with Crippen LogP contribution in [0.4, 0.5) is 13.2 Å². The van der Waals surface area contributed by atoms with Crippen molar-refractivity contribution in [3.8, 4) is 0 Å². The predicted molar refractivity (Wildman–Crippen MR) is 29.5 cm³/mol. The first-order valence-electron chi connectivity index (χ1n) is 2.11. The molecular weight excluding hydrogens is 250 g/mol. The average molecular weight is 256 g/mol. The molecule has 0 radical (unpaired) electrons. The molecule has 1 atom stereocenters. The second kappa shape index (κ2) is 5.66. The molecule has 0 rings (SSSR count). The Bertz CT molecular complexity index is 61.3. The zero-order valence-corrected chi connectivity index (χ0v) is 9.56. The van der Waals surface area contributed by atoms with Gasteiger partial charge in [-0.15, -0.1) is 0 Å². The van der Waals surface area contributed by atoms with Crippen LogP contribution in [-0.2, 0) is 16.3 Å². The van der Waals surface area contributed by atoms with Gasteiger partial charge in [0.2, 0.25) is 0 Å².